The maximum Gasteiger partial charge on any atom is 0.253 e. The molecule has 0 bridgehead atoms. The van der Waals surface area contributed by atoms with Crippen molar-refractivity contribution in [3.05, 3.63) is 29.3 Å². The topological polar surface area (TPSA) is 87.3 Å². The molecule has 0 saturated carbocycles. The Morgan fingerprint density at radius 1 is 1.38 bits per heavy atom. The van der Waals surface area contributed by atoms with E-state index in [9.17, 15) is 13.2 Å². The van der Waals surface area contributed by atoms with Crippen LogP contribution in [0.2, 0.25) is 0 Å². The minimum absolute atomic E-state index is 0.0813. The second-order valence-corrected chi connectivity index (χ2v) is 7.19. The Kier molecular flexibility index (Phi) is 4.84. The number of amides is 1. The molecule has 1 aromatic carbocycles. The Bertz CT molecular complexity index is 622. The third kappa shape index (κ3) is 4.71. The van der Waals surface area contributed by atoms with E-state index in [2.05, 4.69) is 15.4 Å². The van der Waals surface area contributed by atoms with Crippen molar-refractivity contribution < 1.29 is 13.2 Å². The molecule has 2 rings (SSSR count). The summed E-state index contributed by atoms with van der Waals surface area (Å²) < 4.78 is 25.2. The smallest absolute Gasteiger partial charge is 0.253 e. The zero-order chi connectivity index (χ0) is 15.5. The molecular formula is C14H21N3O3S. The van der Waals surface area contributed by atoms with Crippen LogP contribution in [-0.4, -0.2) is 39.7 Å². The number of nitrogens with one attached hydrogen (secondary N) is 3. The lowest BCUT2D eigenvalue weighted by Crippen LogP contribution is -2.45. The van der Waals surface area contributed by atoms with Gasteiger partial charge in [0.2, 0.25) is 10.0 Å². The van der Waals surface area contributed by atoms with Crippen molar-refractivity contribution in [1.29, 1.82) is 0 Å². The number of aryl methyl sites for hydroxylation is 1. The molecule has 1 aliphatic heterocycles. The molecule has 116 valence electrons. The standard InChI is InChI=1S/C14H21N3O3S/c1-10-5-6-13(17-21(2,19)20)12(8-10)14(18)16-11-4-3-7-15-9-11/h5-6,8,11,15,17H,3-4,7,9H2,1-2H3,(H,16,18)/t11-/m0/s1. The van der Waals surface area contributed by atoms with E-state index >= 15 is 0 Å². The van der Waals surface area contributed by atoms with Crippen LogP contribution in [0.5, 0.6) is 0 Å². The fourth-order valence-corrected chi connectivity index (χ4v) is 2.95. The number of hydrogen-bond donors (Lipinski definition) is 3. The average molecular weight is 311 g/mol. The van der Waals surface area contributed by atoms with Gasteiger partial charge in [0.05, 0.1) is 17.5 Å². The Hall–Kier alpha value is -1.60. The van der Waals surface area contributed by atoms with Gasteiger partial charge in [0, 0.05) is 12.6 Å². The monoisotopic (exact) mass is 311 g/mol. The Morgan fingerprint density at radius 2 is 2.14 bits per heavy atom. The first-order valence-electron chi connectivity index (χ1n) is 6.95. The highest BCUT2D eigenvalue weighted by Crippen LogP contribution is 2.19. The molecule has 0 spiro atoms. The number of rotatable bonds is 4. The summed E-state index contributed by atoms with van der Waals surface area (Å²) in [6.45, 7) is 3.58. The summed E-state index contributed by atoms with van der Waals surface area (Å²) in [5, 5.41) is 6.18. The van der Waals surface area contributed by atoms with Crippen LogP contribution in [0, 0.1) is 6.92 Å². The van der Waals surface area contributed by atoms with Crippen molar-refractivity contribution >= 4 is 21.6 Å². The number of sulfonamides is 1. The molecule has 0 aliphatic carbocycles. The number of piperidine rings is 1. The minimum atomic E-state index is -3.42. The highest BCUT2D eigenvalue weighted by Gasteiger charge is 2.19. The third-order valence-corrected chi connectivity index (χ3v) is 3.94. The van der Waals surface area contributed by atoms with Crippen molar-refractivity contribution in [3.63, 3.8) is 0 Å². The van der Waals surface area contributed by atoms with Crippen LogP contribution in [0.15, 0.2) is 18.2 Å². The number of carbonyl (C=O) groups is 1. The van der Waals surface area contributed by atoms with Gasteiger partial charge in [-0.2, -0.15) is 0 Å². The molecule has 1 atom stereocenters. The second kappa shape index (κ2) is 6.44. The van der Waals surface area contributed by atoms with Gasteiger partial charge in [-0.3, -0.25) is 9.52 Å². The highest BCUT2D eigenvalue weighted by atomic mass is 32.2. The molecule has 0 unspecified atom stereocenters. The van der Waals surface area contributed by atoms with Crippen molar-refractivity contribution in [2.75, 3.05) is 24.1 Å². The Morgan fingerprint density at radius 3 is 2.76 bits per heavy atom. The summed E-state index contributed by atoms with van der Waals surface area (Å²) in [6, 6.07) is 5.16. The zero-order valence-corrected chi connectivity index (χ0v) is 13.1. The average Bonchev–Trinajstić information content (AvgIpc) is 2.40. The maximum atomic E-state index is 12.4. The first-order valence-corrected chi connectivity index (χ1v) is 8.84. The Labute approximate surface area is 125 Å². The largest absolute Gasteiger partial charge is 0.348 e. The lowest BCUT2D eigenvalue weighted by atomic mass is 10.1. The summed E-state index contributed by atoms with van der Waals surface area (Å²) >= 11 is 0. The van der Waals surface area contributed by atoms with Gasteiger partial charge in [-0.05, 0) is 38.4 Å². The second-order valence-electron chi connectivity index (χ2n) is 5.44. The van der Waals surface area contributed by atoms with Gasteiger partial charge in [0.1, 0.15) is 0 Å². The van der Waals surface area contributed by atoms with E-state index in [1.807, 2.05) is 6.92 Å². The fraction of sp³-hybridized carbons (Fsp3) is 0.500. The van der Waals surface area contributed by atoms with E-state index < -0.39 is 10.0 Å². The predicted octanol–water partition coefficient (Wildman–Crippen LogP) is 0.848. The van der Waals surface area contributed by atoms with Gasteiger partial charge in [0.15, 0.2) is 0 Å². The summed E-state index contributed by atoms with van der Waals surface area (Å²) in [7, 11) is -3.42. The number of hydrogen-bond acceptors (Lipinski definition) is 4. The van der Waals surface area contributed by atoms with E-state index in [-0.39, 0.29) is 11.9 Å². The number of carbonyl (C=O) groups excluding carboxylic acids is 1. The van der Waals surface area contributed by atoms with Gasteiger partial charge < -0.3 is 10.6 Å². The summed E-state index contributed by atoms with van der Waals surface area (Å²) in [5.41, 5.74) is 1.57. The molecule has 6 nitrogen and oxygen atoms in total. The maximum absolute atomic E-state index is 12.4. The quantitative estimate of drug-likeness (QED) is 0.769. The van der Waals surface area contributed by atoms with Crippen molar-refractivity contribution in [3.8, 4) is 0 Å². The molecule has 21 heavy (non-hydrogen) atoms. The lowest BCUT2D eigenvalue weighted by Gasteiger charge is -2.24. The molecule has 1 aliphatic rings. The summed E-state index contributed by atoms with van der Waals surface area (Å²) in [6.07, 6.45) is 3.02. The van der Waals surface area contributed by atoms with E-state index in [1.54, 1.807) is 18.2 Å². The number of anilines is 1. The van der Waals surface area contributed by atoms with Gasteiger partial charge in [-0.15, -0.1) is 0 Å². The van der Waals surface area contributed by atoms with Crippen LogP contribution in [-0.2, 0) is 10.0 Å². The molecule has 1 amide bonds. The third-order valence-electron chi connectivity index (χ3n) is 3.35. The summed E-state index contributed by atoms with van der Waals surface area (Å²) in [5.74, 6) is -0.251. The van der Waals surface area contributed by atoms with Crippen LogP contribution in [0.25, 0.3) is 0 Å². The molecule has 1 heterocycles. The van der Waals surface area contributed by atoms with Crippen molar-refractivity contribution in [2.45, 2.75) is 25.8 Å². The molecule has 7 heteroatoms. The summed E-state index contributed by atoms with van der Waals surface area (Å²) in [4.78, 5) is 12.4. The highest BCUT2D eigenvalue weighted by molar-refractivity contribution is 7.92. The van der Waals surface area contributed by atoms with Crippen LogP contribution >= 0.6 is 0 Å². The predicted molar refractivity (Wildman–Crippen MR) is 83.0 cm³/mol. The fourth-order valence-electron chi connectivity index (χ4n) is 2.37. The SMILES string of the molecule is Cc1ccc(NS(C)(=O)=O)c(C(=O)N[C@H]2CCCNC2)c1. The molecule has 1 saturated heterocycles. The van der Waals surface area contributed by atoms with E-state index in [1.165, 1.54) is 0 Å². The van der Waals surface area contributed by atoms with E-state index in [4.69, 9.17) is 0 Å². The van der Waals surface area contributed by atoms with Crippen LogP contribution in [0.4, 0.5) is 5.69 Å². The van der Waals surface area contributed by atoms with E-state index in [0.717, 1.165) is 37.8 Å². The van der Waals surface area contributed by atoms with Crippen molar-refractivity contribution in [2.24, 2.45) is 0 Å². The first kappa shape index (κ1) is 15.8. The van der Waals surface area contributed by atoms with Gasteiger partial charge >= 0.3 is 0 Å². The molecule has 1 fully saturated rings. The zero-order valence-electron chi connectivity index (χ0n) is 12.3. The van der Waals surface area contributed by atoms with Gasteiger partial charge in [-0.1, -0.05) is 11.6 Å². The van der Waals surface area contributed by atoms with Crippen LogP contribution < -0.4 is 15.4 Å². The van der Waals surface area contributed by atoms with Crippen LogP contribution in [0.1, 0.15) is 28.8 Å². The molecular weight excluding hydrogens is 290 g/mol. The molecule has 0 aromatic heterocycles. The Balaban J connectivity index is 2.20. The van der Waals surface area contributed by atoms with Gasteiger partial charge in [-0.25, -0.2) is 8.42 Å². The first-order chi connectivity index (χ1) is 9.85. The number of benzene rings is 1. The molecule has 0 radical (unpaired) electrons. The van der Waals surface area contributed by atoms with E-state index in [0.29, 0.717) is 11.3 Å². The molecule has 1 aromatic rings. The lowest BCUT2D eigenvalue weighted by molar-refractivity contribution is 0.0931. The normalized spacial score (nSPS) is 19.0. The minimum Gasteiger partial charge on any atom is -0.348 e. The molecule has 3 N–H and O–H groups in total. The van der Waals surface area contributed by atoms with Crippen LogP contribution in [0.3, 0.4) is 0 Å². The van der Waals surface area contributed by atoms with Gasteiger partial charge in [0.25, 0.3) is 5.91 Å². The van der Waals surface area contributed by atoms with Crippen molar-refractivity contribution in [1.82, 2.24) is 10.6 Å².